The van der Waals surface area contributed by atoms with Crippen LogP contribution in [0.1, 0.15) is 26.2 Å². The van der Waals surface area contributed by atoms with Crippen LogP contribution in [0.4, 0.5) is 0 Å². The van der Waals surface area contributed by atoms with Crippen molar-refractivity contribution in [2.45, 2.75) is 32.2 Å². The summed E-state index contributed by atoms with van der Waals surface area (Å²) in [4.78, 5) is 9.16. The molecule has 0 N–H and O–H groups in total. The zero-order valence-electron chi connectivity index (χ0n) is 9.53. The van der Waals surface area contributed by atoms with Gasteiger partial charge in [0.25, 0.3) is 0 Å². The third kappa shape index (κ3) is 1.60. The molecular weight excluding hydrogens is 174 g/mol. The molecule has 0 saturated heterocycles. The highest BCUT2D eigenvalue weighted by molar-refractivity contribution is 5.81. The largest absolute Gasteiger partial charge is 0.344 e. The summed E-state index contributed by atoms with van der Waals surface area (Å²) < 4.78 is 0. The summed E-state index contributed by atoms with van der Waals surface area (Å²) in [5.41, 5.74) is 0. The Balaban J connectivity index is 1.96. The highest BCUT2D eigenvalue weighted by Gasteiger charge is 2.30. The summed E-state index contributed by atoms with van der Waals surface area (Å²) in [7, 11) is 4.32. The van der Waals surface area contributed by atoms with Gasteiger partial charge in [-0.25, -0.2) is 0 Å². The minimum Gasteiger partial charge on any atom is -0.344 e. The van der Waals surface area contributed by atoms with E-state index in [1.54, 1.807) is 0 Å². The molecule has 0 amide bonds. The second kappa shape index (κ2) is 3.79. The number of aliphatic imine (C=N–C) groups is 1. The molecule has 0 radical (unpaired) electrons. The van der Waals surface area contributed by atoms with Crippen LogP contribution >= 0.6 is 0 Å². The lowest BCUT2D eigenvalue weighted by Gasteiger charge is -2.39. The molecule has 1 aliphatic carbocycles. The first kappa shape index (κ1) is 9.81. The van der Waals surface area contributed by atoms with E-state index in [0.717, 1.165) is 19.0 Å². The molecule has 1 heterocycles. The molecule has 14 heavy (non-hydrogen) atoms. The van der Waals surface area contributed by atoms with Crippen LogP contribution in [-0.2, 0) is 0 Å². The van der Waals surface area contributed by atoms with Crippen molar-refractivity contribution in [3.8, 4) is 0 Å². The number of hydrogen-bond donors (Lipinski definition) is 0. The van der Waals surface area contributed by atoms with Crippen molar-refractivity contribution in [1.29, 1.82) is 0 Å². The number of nitrogens with zero attached hydrogens (tertiary/aromatic N) is 3. The highest BCUT2D eigenvalue weighted by Crippen LogP contribution is 2.32. The van der Waals surface area contributed by atoms with E-state index in [4.69, 9.17) is 0 Å². The van der Waals surface area contributed by atoms with Crippen LogP contribution in [0.15, 0.2) is 4.99 Å². The average Bonchev–Trinajstić information content (AvgIpc) is 2.47. The van der Waals surface area contributed by atoms with E-state index in [2.05, 4.69) is 35.8 Å². The van der Waals surface area contributed by atoms with Gasteiger partial charge in [-0.15, -0.1) is 0 Å². The molecule has 3 heteroatoms. The van der Waals surface area contributed by atoms with Crippen LogP contribution in [0, 0.1) is 5.92 Å². The maximum absolute atomic E-state index is 4.55. The van der Waals surface area contributed by atoms with E-state index in [-0.39, 0.29) is 0 Å². The zero-order valence-corrected chi connectivity index (χ0v) is 9.53. The summed E-state index contributed by atoms with van der Waals surface area (Å²) in [5, 5.41) is 0. The molecule has 1 saturated carbocycles. The van der Waals surface area contributed by atoms with Gasteiger partial charge in [-0.2, -0.15) is 0 Å². The highest BCUT2D eigenvalue weighted by atomic mass is 15.4. The average molecular weight is 195 g/mol. The van der Waals surface area contributed by atoms with Gasteiger partial charge in [0.15, 0.2) is 5.96 Å². The Morgan fingerprint density at radius 1 is 1.50 bits per heavy atom. The predicted molar refractivity (Wildman–Crippen MR) is 59.5 cm³/mol. The van der Waals surface area contributed by atoms with E-state index < -0.39 is 0 Å². The van der Waals surface area contributed by atoms with Gasteiger partial charge in [0.1, 0.15) is 0 Å². The van der Waals surface area contributed by atoms with Crippen LogP contribution < -0.4 is 0 Å². The summed E-state index contributed by atoms with van der Waals surface area (Å²) in [6.07, 6.45) is 4.23. The predicted octanol–water partition coefficient (Wildman–Crippen LogP) is 1.41. The second-order valence-corrected chi connectivity index (χ2v) is 4.65. The second-order valence-electron chi connectivity index (χ2n) is 4.65. The first-order valence-corrected chi connectivity index (χ1v) is 5.68. The monoisotopic (exact) mass is 195 g/mol. The third-order valence-electron chi connectivity index (χ3n) is 3.79. The third-order valence-corrected chi connectivity index (χ3v) is 3.79. The van der Waals surface area contributed by atoms with E-state index in [1.807, 2.05) is 0 Å². The molecule has 2 rings (SSSR count). The molecule has 2 aliphatic rings. The molecular formula is C11H21N3. The lowest BCUT2D eigenvalue weighted by atomic mass is 9.80. The van der Waals surface area contributed by atoms with Gasteiger partial charge in [0.05, 0.1) is 6.54 Å². The van der Waals surface area contributed by atoms with E-state index in [1.165, 1.54) is 25.2 Å². The molecule has 0 aromatic heterocycles. The van der Waals surface area contributed by atoms with Crippen LogP contribution in [-0.4, -0.2) is 49.0 Å². The molecule has 1 unspecified atom stereocenters. The summed E-state index contributed by atoms with van der Waals surface area (Å²) in [6, 6.07) is 0.656. The van der Waals surface area contributed by atoms with Crippen molar-refractivity contribution in [2.24, 2.45) is 10.9 Å². The quantitative estimate of drug-likeness (QED) is 0.663. The van der Waals surface area contributed by atoms with E-state index >= 15 is 0 Å². The fourth-order valence-corrected chi connectivity index (χ4v) is 2.32. The number of guanidine groups is 1. The number of likely N-dealkylation sites (N-methyl/N-ethyl adjacent to an activating group) is 1. The Morgan fingerprint density at radius 2 is 2.21 bits per heavy atom. The molecule has 1 aliphatic heterocycles. The molecule has 1 fully saturated rings. The Hall–Kier alpha value is -0.730. The first-order valence-electron chi connectivity index (χ1n) is 5.68. The van der Waals surface area contributed by atoms with E-state index in [0.29, 0.717) is 6.04 Å². The van der Waals surface area contributed by atoms with Crippen LogP contribution in [0.2, 0.25) is 0 Å². The Bertz CT molecular complexity index is 233. The van der Waals surface area contributed by atoms with Gasteiger partial charge in [0, 0.05) is 26.7 Å². The lowest BCUT2D eigenvalue weighted by molar-refractivity contribution is 0.176. The van der Waals surface area contributed by atoms with Crippen molar-refractivity contribution in [1.82, 2.24) is 9.80 Å². The van der Waals surface area contributed by atoms with Gasteiger partial charge in [-0.05, 0) is 25.7 Å². The van der Waals surface area contributed by atoms with Gasteiger partial charge < -0.3 is 9.80 Å². The molecule has 1 atom stereocenters. The summed E-state index contributed by atoms with van der Waals surface area (Å²) in [6.45, 7) is 4.38. The summed E-state index contributed by atoms with van der Waals surface area (Å²) >= 11 is 0. The molecule has 0 spiro atoms. The first-order chi connectivity index (χ1) is 6.70. The maximum Gasteiger partial charge on any atom is 0.196 e. The van der Waals surface area contributed by atoms with Crippen molar-refractivity contribution in [2.75, 3.05) is 27.2 Å². The topological polar surface area (TPSA) is 18.8 Å². The fourth-order valence-electron chi connectivity index (χ4n) is 2.32. The Morgan fingerprint density at radius 3 is 2.64 bits per heavy atom. The molecule has 0 bridgehead atoms. The minimum absolute atomic E-state index is 0.656. The Labute approximate surface area is 86.8 Å². The molecule has 80 valence electrons. The smallest absolute Gasteiger partial charge is 0.196 e. The number of rotatable bonds is 2. The van der Waals surface area contributed by atoms with Crippen molar-refractivity contribution in [3.05, 3.63) is 0 Å². The van der Waals surface area contributed by atoms with Crippen LogP contribution in [0.3, 0.4) is 0 Å². The summed E-state index contributed by atoms with van der Waals surface area (Å²) in [5.74, 6) is 2.08. The van der Waals surface area contributed by atoms with Crippen LogP contribution in [0.25, 0.3) is 0 Å². The van der Waals surface area contributed by atoms with E-state index in [9.17, 15) is 0 Å². The maximum atomic E-state index is 4.55. The minimum atomic E-state index is 0.656. The molecule has 3 nitrogen and oxygen atoms in total. The normalized spacial score (nSPS) is 24.5. The zero-order chi connectivity index (χ0) is 10.1. The lowest BCUT2D eigenvalue weighted by Crippen LogP contribution is -2.46. The van der Waals surface area contributed by atoms with Gasteiger partial charge in [-0.3, -0.25) is 4.99 Å². The Kier molecular flexibility index (Phi) is 2.66. The van der Waals surface area contributed by atoms with Crippen molar-refractivity contribution in [3.63, 3.8) is 0 Å². The number of hydrogen-bond acceptors (Lipinski definition) is 3. The fraction of sp³-hybridized carbons (Fsp3) is 0.909. The van der Waals surface area contributed by atoms with Gasteiger partial charge in [-0.1, -0.05) is 6.42 Å². The molecule has 0 aromatic carbocycles. The van der Waals surface area contributed by atoms with Gasteiger partial charge in [0.2, 0.25) is 0 Å². The SMILES string of the molecule is CC(C1CCC1)N(C)C1=NCCN1C. The standard InChI is InChI=1S/C11H21N3/c1-9(10-5-4-6-10)14(3)11-12-7-8-13(11)2/h9-10H,4-8H2,1-3H3. The van der Waals surface area contributed by atoms with Crippen molar-refractivity contribution < 1.29 is 0 Å². The van der Waals surface area contributed by atoms with Gasteiger partial charge >= 0.3 is 0 Å². The molecule has 0 aromatic rings. The van der Waals surface area contributed by atoms with Crippen LogP contribution in [0.5, 0.6) is 0 Å². The van der Waals surface area contributed by atoms with Crippen molar-refractivity contribution >= 4 is 5.96 Å².